The van der Waals surface area contributed by atoms with Crippen LogP contribution in [0.3, 0.4) is 0 Å². The molecule has 0 saturated heterocycles. The Bertz CT molecular complexity index is 447. The van der Waals surface area contributed by atoms with Gasteiger partial charge in [-0.25, -0.2) is 0 Å². The molecule has 0 aliphatic carbocycles. The highest BCUT2D eigenvalue weighted by Crippen LogP contribution is 2.28. The Morgan fingerprint density at radius 3 is 2.89 bits per heavy atom. The van der Waals surface area contributed by atoms with Crippen LogP contribution in [0.25, 0.3) is 0 Å². The Labute approximate surface area is 105 Å². The van der Waals surface area contributed by atoms with Crippen molar-refractivity contribution >= 4 is 11.9 Å². The SMILES string of the molecule is CC(CNC(=O)C1Cc2ccccc2O1)C(=O)O. The number of para-hydroxylation sites is 1. The molecule has 1 aliphatic rings. The first-order valence-electron chi connectivity index (χ1n) is 5.83. The summed E-state index contributed by atoms with van der Waals surface area (Å²) in [6, 6.07) is 7.49. The Morgan fingerprint density at radius 1 is 1.50 bits per heavy atom. The molecule has 5 heteroatoms. The molecule has 18 heavy (non-hydrogen) atoms. The number of ether oxygens (including phenoxy) is 1. The molecule has 1 aromatic rings. The minimum absolute atomic E-state index is 0.115. The van der Waals surface area contributed by atoms with Gasteiger partial charge in [0.05, 0.1) is 5.92 Å². The van der Waals surface area contributed by atoms with E-state index >= 15 is 0 Å². The van der Waals surface area contributed by atoms with Gasteiger partial charge in [-0.3, -0.25) is 9.59 Å². The van der Waals surface area contributed by atoms with E-state index in [4.69, 9.17) is 9.84 Å². The molecule has 0 aromatic heterocycles. The fourth-order valence-corrected chi connectivity index (χ4v) is 1.78. The van der Waals surface area contributed by atoms with Gasteiger partial charge in [0.1, 0.15) is 5.75 Å². The number of nitrogens with one attached hydrogen (secondary N) is 1. The molecule has 0 radical (unpaired) electrons. The summed E-state index contributed by atoms with van der Waals surface area (Å²) >= 11 is 0. The lowest BCUT2D eigenvalue weighted by Gasteiger charge is -2.12. The Hall–Kier alpha value is -2.04. The van der Waals surface area contributed by atoms with Crippen LogP contribution in [0.1, 0.15) is 12.5 Å². The number of hydrogen-bond donors (Lipinski definition) is 2. The van der Waals surface area contributed by atoms with Gasteiger partial charge in [0, 0.05) is 13.0 Å². The van der Waals surface area contributed by atoms with E-state index in [1.54, 1.807) is 6.92 Å². The second kappa shape index (κ2) is 5.08. The first-order valence-corrected chi connectivity index (χ1v) is 5.83. The topological polar surface area (TPSA) is 75.6 Å². The Kier molecular flexibility index (Phi) is 3.50. The van der Waals surface area contributed by atoms with Gasteiger partial charge < -0.3 is 15.2 Å². The van der Waals surface area contributed by atoms with Crippen molar-refractivity contribution in [3.8, 4) is 5.75 Å². The second-order valence-corrected chi connectivity index (χ2v) is 4.40. The third kappa shape index (κ3) is 2.61. The highest BCUT2D eigenvalue weighted by atomic mass is 16.5. The first-order chi connectivity index (χ1) is 8.58. The van der Waals surface area contributed by atoms with Crippen molar-refractivity contribution in [1.82, 2.24) is 5.32 Å². The lowest BCUT2D eigenvalue weighted by molar-refractivity contribution is -0.141. The molecule has 0 spiro atoms. The van der Waals surface area contributed by atoms with Crippen molar-refractivity contribution in [2.75, 3.05) is 6.54 Å². The van der Waals surface area contributed by atoms with E-state index in [2.05, 4.69) is 5.32 Å². The molecule has 5 nitrogen and oxygen atoms in total. The zero-order valence-corrected chi connectivity index (χ0v) is 10.1. The van der Waals surface area contributed by atoms with Gasteiger partial charge in [0.25, 0.3) is 5.91 Å². The van der Waals surface area contributed by atoms with Gasteiger partial charge in [0.2, 0.25) is 0 Å². The molecular weight excluding hydrogens is 234 g/mol. The monoisotopic (exact) mass is 249 g/mol. The summed E-state index contributed by atoms with van der Waals surface area (Å²) in [7, 11) is 0. The predicted octanol–water partition coefficient (Wildman–Crippen LogP) is 0.827. The maximum absolute atomic E-state index is 11.8. The maximum Gasteiger partial charge on any atom is 0.308 e. The van der Waals surface area contributed by atoms with Crippen molar-refractivity contribution in [1.29, 1.82) is 0 Å². The summed E-state index contributed by atoms with van der Waals surface area (Å²) in [6.07, 6.45) is -0.0212. The minimum atomic E-state index is -0.925. The van der Waals surface area contributed by atoms with E-state index in [1.807, 2.05) is 24.3 Å². The predicted molar refractivity (Wildman–Crippen MR) is 64.4 cm³/mol. The van der Waals surface area contributed by atoms with E-state index in [1.165, 1.54) is 0 Å². The molecule has 1 heterocycles. The highest BCUT2D eigenvalue weighted by Gasteiger charge is 2.29. The van der Waals surface area contributed by atoms with Crippen LogP contribution in [-0.2, 0) is 16.0 Å². The molecule has 1 aliphatic heterocycles. The number of carboxylic acids is 1. The molecule has 1 amide bonds. The Balaban J connectivity index is 1.88. The van der Waals surface area contributed by atoms with Crippen LogP contribution in [0.5, 0.6) is 5.75 Å². The molecule has 1 aromatic carbocycles. The zero-order valence-electron chi connectivity index (χ0n) is 10.1. The standard InChI is InChI=1S/C13H15NO4/c1-8(13(16)17)7-14-12(15)11-6-9-4-2-3-5-10(9)18-11/h2-5,8,11H,6-7H2,1H3,(H,14,15)(H,16,17). The third-order valence-corrected chi connectivity index (χ3v) is 2.94. The van der Waals surface area contributed by atoms with Gasteiger partial charge in [-0.2, -0.15) is 0 Å². The van der Waals surface area contributed by atoms with Crippen LogP contribution in [0.4, 0.5) is 0 Å². The molecule has 0 saturated carbocycles. The second-order valence-electron chi connectivity index (χ2n) is 4.40. The minimum Gasteiger partial charge on any atom is -0.481 e. The fraction of sp³-hybridized carbons (Fsp3) is 0.385. The number of carbonyl (C=O) groups is 2. The van der Waals surface area contributed by atoms with Crippen LogP contribution in [0, 0.1) is 5.92 Å². The average Bonchev–Trinajstić information content (AvgIpc) is 2.79. The smallest absolute Gasteiger partial charge is 0.308 e. The number of aliphatic carboxylic acids is 1. The lowest BCUT2D eigenvalue weighted by atomic mass is 10.1. The Morgan fingerprint density at radius 2 is 2.22 bits per heavy atom. The first kappa shape index (κ1) is 12.4. The summed E-state index contributed by atoms with van der Waals surface area (Å²) in [4.78, 5) is 22.4. The summed E-state index contributed by atoms with van der Waals surface area (Å²) in [5, 5.41) is 11.3. The summed E-state index contributed by atoms with van der Waals surface area (Å²) < 4.78 is 5.50. The maximum atomic E-state index is 11.8. The van der Waals surface area contributed by atoms with Gasteiger partial charge in [-0.05, 0) is 11.6 Å². The quantitative estimate of drug-likeness (QED) is 0.828. The van der Waals surface area contributed by atoms with Gasteiger partial charge >= 0.3 is 5.97 Å². The van der Waals surface area contributed by atoms with Crippen molar-refractivity contribution in [2.24, 2.45) is 5.92 Å². The molecule has 2 unspecified atom stereocenters. The molecule has 0 fully saturated rings. The largest absolute Gasteiger partial charge is 0.481 e. The lowest BCUT2D eigenvalue weighted by Crippen LogP contribution is -2.40. The number of fused-ring (bicyclic) bond motifs is 1. The number of rotatable bonds is 4. The van der Waals surface area contributed by atoms with Crippen LogP contribution < -0.4 is 10.1 Å². The van der Waals surface area contributed by atoms with Crippen LogP contribution in [-0.4, -0.2) is 29.6 Å². The van der Waals surface area contributed by atoms with E-state index < -0.39 is 18.0 Å². The van der Waals surface area contributed by atoms with Crippen molar-refractivity contribution in [3.05, 3.63) is 29.8 Å². The molecule has 96 valence electrons. The molecule has 2 N–H and O–H groups in total. The van der Waals surface area contributed by atoms with Gasteiger partial charge in [-0.1, -0.05) is 25.1 Å². The van der Waals surface area contributed by atoms with Crippen molar-refractivity contribution in [3.63, 3.8) is 0 Å². The fourth-order valence-electron chi connectivity index (χ4n) is 1.78. The number of carboxylic acid groups (broad SMARTS) is 1. The van der Waals surface area contributed by atoms with Crippen LogP contribution >= 0.6 is 0 Å². The number of benzene rings is 1. The van der Waals surface area contributed by atoms with E-state index in [0.29, 0.717) is 6.42 Å². The highest BCUT2D eigenvalue weighted by molar-refractivity contribution is 5.83. The zero-order chi connectivity index (χ0) is 13.1. The number of carbonyl (C=O) groups excluding carboxylic acids is 1. The summed E-state index contributed by atoms with van der Waals surface area (Å²) in [6.45, 7) is 1.66. The van der Waals surface area contributed by atoms with Crippen LogP contribution in [0.15, 0.2) is 24.3 Å². The van der Waals surface area contributed by atoms with Crippen LogP contribution in [0.2, 0.25) is 0 Å². The molecule has 2 atom stereocenters. The normalized spacial score (nSPS) is 18.6. The van der Waals surface area contributed by atoms with Gasteiger partial charge in [0.15, 0.2) is 6.10 Å². The molecular formula is C13H15NO4. The molecule has 0 bridgehead atoms. The van der Waals surface area contributed by atoms with Gasteiger partial charge in [-0.15, -0.1) is 0 Å². The summed E-state index contributed by atoms with van der Waals surface area (Å²) in [5.41, 5.74) is 1.00. The van der Waals surface area contributed by atoms with E-state index in [-0.39, 0.29) is 12.5 Å². The number of hydrogen-bond acceptors (Lipinski definition) is 3. The van der Waals surface area contributed by atoms with Crippen molar-refractivity contribution < 1.29 is 19.4 Å². The summed E-state index contributed by atoms with van der Waals surface area (Å²) in [5.74, 6) is -1.06. The number of amides is 1. The average molecular weight is 249 g/mol. The van der Waals surface area contributed by atoms with Crippen molar-refractivity contribution in [2.45, 2.75) is 19.4 Å². The van der Waals surface area contributed by atoms with E-state index in [9.17, 15) is 9.59 Å². The molecule has 2 rings (SSSR count). The third-order valence-electron chi connectivity index (χ3n) is 2.94. The van der Waals surface area contributed by atoms with E-state index in [0.717, 1.165) is 11.3 Å².